The molecule has 0 aliphatic heterocycles. The third-order valence-corrected chi connectivity index (χ3v) is 0.488. The Kier molecular flexibility index (Phi) is 3.15. The molecule has 1 atom stereocenters. The van der Waals surface area contributed by atoms with Crippen LogP contribution >= 0.6 is 8.25 Å². The molecule has 0 aromatic rings. The summed E-state index contributed by atoms with van der Waals surface area (Å²) in [7, 11) is -2.59. The molecule has 2 N–H and O–H groups in total. The second kappa shape index (κ2) is 3.50. The molecule has 0 bridgehead atoms. The van der Waals surface area contributed by atoms with Crippen LogP contribution in [0.5, 0.6) is 0 Å². The third kappa shape index (κ3) is 5.31. The molecule has 1 unspecified atom stereocenters. The summed E-state index contributed by atoms with van der Waals surface area (Å²) in [6, 6.07) is 0. The first kappa shape index (κ1) is 6.31. The van der Waals surface area contributed by atoms with Crippen LogP contribution in [0.3, 0.4) is 0 Å². The van der Waals surface area contributed by atoms with E-state index in [4.69, 9.17) is 10.3 Å². The molecule has 0 aliphatic carbocycles. The van der Waals surface area contributed by atoms with Gasteiger partial charge >= 0.3 is 8.25 Å². The normalized spacial score (nSPS) is 9.00. The summed E-state index contributed by atoms with van der Waals surface area (Å²) in [4.78, 5) is 7.82. The van der Waals surface area contributed by atoms with Crippen LogP contribution in [0.15, 0.2) is 6.26 Å². The second-order valence-electron chi connectivity index (χ2n) is 0.605. The smallest absolute Gasteiger partial charge is 0.256 e. The Labute approximate surface area is 40.9 Å². The van der Waals surface area contributed by atoms with Crippen molar-refractivity contribution in [2.75, 3.05) is 0 Å². The highest BCUT2D eigenvalue weighted by Crippen LogP contribution is 2.12. The first-order chi connectivity index (χ1) is 3.27. The van der Waals surface area contributed by atoms with E-state index >= 15 is 0 Å². The van der Waals surface area contributed by atoms with Crippen LogP contribution in [0, 0.1) is 5.41 Å². The summed E-state index contributed by atoms with van der Waals surface area (Å²) in [5.41, 5.74) is 0. The number of hydrogen-bond donors (Lipinski definition) is 2. The van der Waals surface area contributed by atoms with Gasteiger partial charge in [-0.25, -0.2) is 4.52 Å². The van der Waals surface area contributed by atoms with Crippen molar-refractivity contribution in [3.05, 3.63) is 6.26 Å². The molecule has 0 aromatic heterocycles. The molecule has 38 valence electrons. The zero-order valence-corrected chi connectivity index (χ0v) is 4.18. The Morgan fingerprint density at radius 3 is 2.71 bits per heavy atom. The Bertz CT molecular complexity index is 116. The van der Waals surface area contributed by atoms with Crippen LogP contribution < -0.4 is 0 Å². The lowest BCUT2D eigenvalue weighted by Gasteiger charge is -1.63. The van der Waals surface area contributed by atoms with Gasteiger partial charge in [-0.2, -0.15) is 0 Å². The highest BCUT2D eigenvalue weighted by Gasteiger charge is 2.06. The van der Waals surface area contributed by atoms with Gasteiger partial charge in [-0.3, -0.25) is 5.41 Å². The van der Waals surface area contributed by atoms with Crippen LogP contribution in [0.4, 0.5) is 0 Å². The molecule has 0 heterocycles. The van der Waals surface area contributed by atoms with Gasteiger partial charge in [0.1, 0.15) is 0 Å². The van der Waals surface area contributed by atoms with E-state index < -0.39 is 8.25 Å². The number of rotatable bonds is 2. The van der Waals surface area contributed by atoms with Gasteiger partial charge in [-0.1, -0.05) is 0 Å². The summed E-state index contributed by atoms with van der Waals surface area (Å²) in [6.07, 6.45) is 0.707. The van der Waals surface area contributed by atoms with Gasteiger partial charge in [0.05, 0.1) is 0 Å². The zero-order valence-electron chi connectivity index (χ0n) is 3.29. The average Bonchev–Trinajstić information content (AvgIpc) is 1.61. The molecule has 0 fully saturated rings. The third-order valence-electron chi connectivity index (χ3n) is 0.202. The predicted molar refractivity (Wildman–Crippen MR) is 23.2 cm³/mol. The Morgan fingerprint density at radius 2 is 2.57 bits per heavy atom. The molecular formula is C2H3NO3P+. The molecule has 4 nitrogen and oxygen atoms in total. The maximum absolute atomic E-state index is 9.53. The van der Waals surface area contributed by atoms with Crippen molar-refractivity contribution in [1.29, 1.82) is 5.41 Å². The van der Waals surface area contributed by atoms with Gasteiger partial charge < -0.3 is 0 Å². The Balaban J connectivity index is 3.32. The molecule has 7 heavy (non-hydrogen) atoms. The maximum atomic E-state index is 9.53. The molecule has 0 rings (SSSR count). The molecule has 0 radical (unpaired) electrons. The predicted octanol–water partition coefficient (Wildman–Crippen LogP) is 0.415. The van der Waals surface area contributed by atoms with Crippen molar-refractivity contribution >= 4 is 14.1 Å². The highest BCUT2D eigenvalue weighted by molar-refractivity contribution is 7.32. The summed E-state index contributed by atoms with van der Waals surface area (Å²) >= 11 is 0. The maximum Gasteiger partial charge on any atom is 0.747 e. The summed E-state index contributed by atoms with van der Waals surface area (Å²) in [5.74, 6) is 1.66. The highest BCUT2D eigenvalue weighted by atomic mass is 31.1. The molecule has 0 amide bonds. The van der Waals surface area contributed by atoms with Crippen molar-refractivity contribution < 1.29 is 14.0 Å². The van der Waals surface area contributed by atoms with Gasteiger partial charge in [0.25, 0.3) is 0 Å². The fourth-order valence-corrected chi connectivity index (χ4v) is 0.214. The first-order valence-electron chi connectivity index (χ1n) is 1.34. The topological polar surface area (TPSA) is 70.4 Å². The van der Waals surface area contributed by atoms with E-state index in [2.05, 4.69) is 4.52 Å². The van der Waals surface area contributed by atoms with E-state index in [0.717, 1.165) is 0 Å². The van der Waals surface area contributed by atoms with Crippen LogP contribution in [-0.2, 0) is 9.09 Å². The number of nitrogens with one attached hydrogen (secondary N) is 1. The SMILES string of the molecule is N=C=CO[P+](=O)O. The van der Waals surface area contributed by atoms with E-state index in [9.17, 15) is 4.57 Å². The minimum Gasteiger partial charge on any atom is -0.256 e. The van der Waals surface area contributed by atoms with Gasteiger partial charge in [0.15, 0.2) is 0 Å². The van der Waals surface area contributed by atoms with Gasteiger partial charge in [0.2, 0.25) is 6.26 Å². The minimum absolute atomic E-state index is 0.707. The number of hydrogen-bond acceptors (Lipinski definition) is 3. The fraction of sp³-hybridized carbons (Fsp3) is 0. The molecule has 0 aromatic carbocycles. The molecule has 0 saturated heterocycles. The van der Waals surface area contributed by atoms with Crippen molar-refractivity contribution in [3.8, 4) is 0 Å². The van der Waals surface area contributed by atoms with E-state index in [0.29, 0.717) is 6.26 Å². The second-order valence-corrected chi connectivity index (χ2v) is 1.29. The van der Waals surface area contributed by atoms with Gasteiger partial charge in [-0.15, -0.1) is 4.89 Å². The van der Waals surface area contributed by atoms with Crippen LogP contribution in [0.1, 0.15) is 0 Å². The van der Waals surface area contributed by atoms with E-state index in [1.807, 2.05) is 0 Å². The molecule has 0 spiro atoms. The standard InChI is InChI=1S/C2H2NO3P/c3-1-2-6-7(4)5/h2-3H/p+1. The van der Waals surface area contributed by atoms with Crippen LogP contribution in [0.25, 0.3) is 0 Å². The summed E-state index contributed by atoms with van der Waals surface area (Å²) < 4.78 is 13.4. The molecule has 5 heteroatoms. The Hall–Kier alpha value is -0.690. The fourth-order valence-electron chi connectivity index (χ4n) is 0.0714. The largest absolute Gasteiger partial charge is 0.747 e. The minimum atomic E-state index is -2.59. The lowest BCUT2D eigenvalue weighted by molar-refractivity contribution is 0.380. The van der Waals surface area contributed by atoms with Crippen molar-refractivity contribution in [2.24, 2.45) is 0 Å². The Morgan fingerprint density at radius 1 is 2.00 bits per heavy atom. The first-order valence-corrected chi connectivity index (χ1v) is 2.47. The van der Waals surface area contributed by atoms with Crippen molar-refractivity contribution in [2.45, 2.75) is 0 Å². The van der Waals surface area contributed by atoms with Crippen molar-refractivity contribution in [1.82, 2.24) is 0 Å². The zero-order chi connectivity index (χ0) is 5.70. The monoisotopic (exact) mass is 120 g/mol. The molecule has 0 saturated carbocycles. The van der Waals surface area contributed by atoms with Gasteiger partial charge in [0, 0.05) is 10.4 Å². The lowest BCUT2D eigenvalue weighted by atomic mass is 11.1. The van der Waals surface area contributed by atoms with E-state index in [1.54, 1.807) is 5.87 Å². The molecular weight excluding hydrogens is 117 g/mol. The van der Waals surface area contributed by atoms with Gasteiger partial charge in [-0.05, 0) is 0 Å². The summed E-state index contributed by atoms with van der Waals surface area (Å²) in [6.45, 7) is 0. The van der Waals surface area contributed by atoms with Crippen molar-refractivity contribution in [3.63, 3.8) is 0 Å². The van der Waals surface area contributed by atoms with E-state index in [1.165, 1.54) is 0 Å². The quantitative estimate of drug-likeness (QED) is 0.315. The van der Waals surface area contributed by atoms with Crippen LogP contribution in [0.2, 0.25) is 0 Å². The van der Waals surface area contributed by atoms with E-state index in [-0.39, 0.29) is 0 Å². The summed E-state index contributed by atoms with van der Waals surface area (Å²) in [5, 5.41) is 6.13. The lowest BCUT2D eigenvalue weighted by Crippen LogP contribution is -1.60. The molecule has 0 aliphatic rings. The van der Waals surface area contributed by atoms with Crippen LogP contribution in [-0.4, -0.2) is 10.8 Å². The average molecular weight is 120 g/mol.